The molecule has 0 saturated carbocycles. The van der Waals surface area contributed by atoms with Crippen LogP contribution in [0.3, 0.4) is 0 Å². The molecule has 17 heavy (non-hydrogen) atoms. The van der Waals surface area contributed by atoms with Crippen LogP contribution in [0.4, 0.5) is 5.69 Å². The van der Waals surface area contributed by atoms with Gasteiger partial charge in [-0.1, -0.05) is 0 Å². The first-order chi connectivity index (χ1) is 7.94. The minimum Gasteiger partial charge on any atom is -0.493 e. The van der Waals surface area contributed by atoms with Crippen LogP contribution in [-0.4, -0.2) is 17.1 Å². The zero-order valence-corrected chi connectivity index (χ0v) is 9.42. The predicted octanol–water partition coefficient (Wildman–Crippen LogP) is 1.60. The number of nitrogens with zero attached hydrogens (tertiary/aromatic N) is 2. The third-order valence-electron chi connectivity index (χ3n) is 2.19. The Labute approximate surface area is 98.8 Å². The van der Waals surface area contributed by atoms with Gasteiger partial charge in [0, 0.05) is 18.6 Å². The number of nitriles is 1. The van der Waals surface area contributed by atoms with Crippen LogP contribution >= 0.6 is 0 Å². The van der Waals surface area contributed by atoms with Crippen molar-refractivity contribution < 1.29 is 9.66 Å². The maximum absolute atomic E-state index is 10.4. The molecule has 0 aliphatic heterocycles. The fourth-order valence-electron chi connectivity index (χ4n) is 1.10. The minimum absolute atomic E-state index is 0.0121. The predicted molar refractivity (Wildman–Crippen MR) is 61.4 cm³/mol. The van der Waals surface area contributed by atoms with Crippen LogP contribution in [0.1, 0.15) is 13.3 Å². The topological polar surface area (TPSA) is 102 Å². The largest absolute Gasteiger partial charge is 0.493 e. The van der Waals surface area contributed by atoms with E-state index < -0.39 is 10.5 Å². The summed E-state index contributed by atoms with van der Waals surface area (Å²) in [6, 6.07) is 7.71. The van der Waals surface area contributed by atoms with E-state index in [0.717, 1.165) is 0 Å². The van der Waals surface area contributed by atoms with E-state index >= 15 is 0 Å². The normalized spacial score (nSPS) is 13.5. The van der Waals surface area contributed by atoms with Crippen LogP contribution in [0, 0.1) is 21.4 Å². The molecule has 0 heterocycles. The number of ether oxygens (including phenoxy) is 1. The van der Waals surface area contributed by atoms with Crippen molar-refractivity contribution in [1.82, 2.24) is 0 Å². The molecule has 2 N–H and O–H groups in total. The highest BCUT2D eigenvalue weighted by atomic mass is 16.6. The molecule has 1 aromatic carbocycles. The van der Waals surface area contributed by atoms with Gasteiger partial charge < -0.3 is 10.5 Å². The van der Waals surface area contributed by atoms with Crippen molar-refractivity contribution in [1.29, 1.82) is 5.26 Å². The Balaban J connectivity index is 2.49. The van der Waals surface area contributed by atoms with Crippen molar-refractivity contribution in [3.63, 3.8) is 0 Å². The van der Waals surface area contributed by atoms with Crippen molar-refractivity contribution in [2.75, 3.05) is 6.61 Å². The molecule has 1 unspecified atom stereocenters. The summed E-state index contributed by atoms with van der Waals surface area (Å²) in [6.45, 7) is 1.91. The quantitative estimate of drug-likeness (QED) is 0.616. The van der Waals surface area contributed by atoms with Gasteiger partial charge in [-0.3, -0.25) is 10.1 Å². The summed E-state index contributed by atoms with van der Waals surface area (Å²) in [5, 5.41) is 19.1. The van der Waals surface area contributed by atoms with E-state index in [0.29, 0.717) is 18.8 Å². The molecule has 6 heteroatoms. The fraction of sp³-hybridized carbons (Fsp3) is 0.364. The minimum atomic E-state index is -0.916. The maximum Gasteiger partial charge on any atom is 0.269 e. The molecule has 0 amide bonds. The molecular weight excluding hydrogens is 222 g/mol. The number of hydrogen-bond acceptors (Lipinski definition) is 5. The van der Waals surface area contributed by atoms with Gasteiger partial charge in [-0.2, -0.15) is 5.26 Å². The highest BCUT2D eigenvalue weighted by Gasteiger charge is 2.16. The summed E-state index contributed by atoms with van der Waals surface area (Å²) in [4.78, 5) is 9.93. The lowest BCUT2D eigenvalue weighted by molar-refractivity contribution is -0.384. The van der Waals surface area contributed by atoms with E-state index in [2.05, 4.69) is 0 Å². The number of benzene rings is 1. The van der Waals surface area contributed by atoms with Gasteiger partial charge in [-0.15, -0.1) is 0 Å². The van der Waals surface area contributed by atoms with Gasteiger partial charge in [-0.05, 0) is 19.1 Å². The lowest BCUT2D eigenvalue weighted by Crippen LogP contribution is -2.35. The second-order valence-corrected chi connectivity index (χ2v) is 3.88. The van der Waals surface area contributed by atoms with E-state index in [4.69, 9.17) is 15.7 Å². The number of nitro benzene ring substituents is 1. The van der Waals surface area contributed by atoms with Crippen LogP contribution in [0.25, 0.3) is 0 Å². The van der Waals surface area contributed by atoms with E-state index in [9.17, 15) is 10.1 Å². The number of hydrogen-bond donors (Lipinski definition) is 1. The van der Waals surface area contributed by atoms with E-state index in [1.165, 1.54) is 24.3 Å². The van der Waals surface area contributed by atoms with Crippen molar-refractivity contribution in [3.05, 3.63) is 34.4 Å². The fourth-order valence-corrected chi connectivity index (χ4v) is 1.10. The van der Waals surface area contributed by atoms with Crippen molar-refractivity contribution in [2.45, 2.75) is 18.9 Å². The monoisotopic (exact) mass is 235 g/mol. The molecule has 0 spiro atoms. The van der Waals surface area contributed by atoms with Crippen molar-refractivity contribution >= 4 is 5.69 Å². The molecule has 90 valence electrons. The van der Waals surface area contributed by atoms with E-state index in [1.807, 2.05) is 6.07 Å². The summed E-state index contributed by atoms with van der Waals surface area (Å²) in [5.41, 5.74) is 4.71. The lowest BCUT2D eigenvalue weighted by Gasteiger charge is -2.15. The van der Waals surface area contributed by atoms with Crippen LogP contribution in [-0.2, 0) is 0 Å². The third kappa shape index (κ3) is 4.09. The third-order valence-corrected chi connectivity index (χ3v) is 2.19. The molecule has 0 aromatic heterocycles. The number of nitrogens with two attached hydrogens (primary N) is 1. The Morgan fingerprint density at radius 1 is 1.53 bits per heavy atom. The second-order valence-electron chi connectivity index (χ2n) is 3.88. The lowest BCUT2D eigenvalue weighted by atomic mass is 10.0. The number of non-ortho nitro benzene ring substituents is 1. The highest BCUT2D eigenvalue weighted by Crippen LogP contribution is 2.17. The van der Waals surface area contributed by atoms with Crippen molar-refractivity contribution in [2.24, 2.45) is 5.73 Å². The molecule has 1 aromatic rings. The first-order valence-electron chi connectivity index (χ1n) is 5.02. The van der Waals surface area contributed by atoms with Gasteiger partial charge in [0.05, 0.1) is 17.6 Å². The van der Waals surface area contributed by atoms with Crippen molar-refractivity contribution in [3.8, 4) is 11.8 Å². The number of rotatable bonds is 5. The van der Waals surface area contributed by atoms with Gasteiger partial charge in [-0.25, -0.2) is 0 Å². The van der Waals surface area contributed by atoms with Gasteiger partial charge in [0.1, 0.15) is 11.3 Å². The van der Waals surface area contributed by atoms with E-state index in [1.54, 1.807) is 6.92 Å². The molecule has 0 aliphatic carbocycles. The summed E-state index contributed by atoms with van der Waals surface area (Å²) >= 11 is 0. The Hall–Kier alpha value is -2.13. The zero-order valence-electron chi connectivity index (χ0n) is 9.42. The Morgan fingerprint density at radius 3 is 2.59 bits per heavy atom. The number of nitro groups is 1. The smallest absolute Gasteiger partial charge is 0.269 e. The molecule has 0 aliphatic rings. The molecule has 1 rings (SSSR count). The average Bonchev–Trinajstić information content (AvgIpc) is 2.29. The van der Waals surface area contributed by atoms with Crippen LogP contribution < -0.4 is 10.5 Å². The molecule has 0 radical (unpaired) electrons. The van der Waals surface area contributed by atoms with Crippen LogP contribution in [0.5, 0.6) is 5.75 Å². The summed E-state index contributed by atoms with van der Waals surface area (Å²) in [5.74, 6) is 0.518. The molecule has 0 fully saturated rings. The van der Waals surface area contributed by atoms with Gasteiger partial charge in [0.2, 0.25) is 0 Å². The molecule has 0 bridgehead atoms. The maximum atomic E-state index is 10.4. The second kappa shape index (κ2) is 5.27. The molecule has 6 nitrogen and oxygen atoms in total. The Kier molecular flexibility index (Phi) is 4.01. The van der Waals surface area contributed by atoms with Crippen LogP contribution in [0.2, 0.25) is 0 Å². The molecule has 0 saturated heterocycles. The molecule has 1 atom stereocenters. The highest BCUT2D eigenvalue weighted by molar-refractivity contribution is 5.35. The standard InChI is InChI=1S/C11H13N3O3/c1-11(13,8-12)6-7-17-10-4-2-9(3-5-10)14(15)16/h2-5H,6-7,13H2,1H3. The summed E-state index contributed by atoms with van der Waals surface area (Å²) in [7, 11) is 0. The summed E-state index contributed by atoms with van der Waals surface area (Å²) < 4.78 is 5.32. The van der Waals surface area contributed by atoms with Gasteiger partial charge in [0.25, 0.3) is 5.69 Å². The van der Waals surface area contributed by atoms with Gasteiger partial charge >= 0.3 is 0 Å². The van der Waals surface area contributed by atoms with E-state index in [-0.39, 0.29) is 5.69 Å². The SMILES string of the molecule is CC(N)(C#N)CCOc1ccc([N+](=O)[O-])cc1. The van der Waals surface area contributed by atoms with Crippen LogP contribution in [0.15, 0.2) is 24.3 Å². The summed E-state index contributed by atoms with van der Waals surface area (Å²) in [6.07, 6.45) is 0.389. The Bertz CT molecular complexity index is 434. The first-order valence-corrected chi connectivity index (χ1v) is 5.02. The first kappa shape index (κ1) is 12.9. The van der Waals surface area contributed by atoms with Gasteiger partial charge in [0.15, 0.2) is 0 Å². The zero-order chi connectivity index (χ0) is 12.9. The Morgan fingerprint density at radius 2 is 2.12 bits per heavy atom. The molecular formula is C11H13N3O3. The average molecular weight is 235 g/mol.